The maximum Gasteiger partial charge on any atom is 0.0101 e. The SMILES string of the molecule is CC(Cc1ccccc1)NC1CC(C)(C)CC1C. The Morgan fingerprint density at radius 1 is 1.22 bits per heavy atom. The molecule has 0 spiro atoms. The van der Waals surface area contributed by atoms with Gasteiger partial charge < -0.3 is 5.32 Å². The van der Waals surface area contributed by atoms with E-state index in [2.05, 4.69) is 63.3 Å². The first-order valence-electron chi connectivity index (χ1n) is 7.26. The molecule has 1 aromatic carbocycles. The van der Waals surface area contributed by atoms with Crippen molar-refractivity contribution in [2.75, 3.05) is 0 Å². The van der Waals surface area contributed by atoms with Gasteiger partial charge in [0.15, 0.2) is 0 Å². The Hall–Kier alpha value is -0.820. The average molecular weight is 245 g/mol. The average Bonchev–Trinajstić information content (AvgIpc) is 2.53. The van der Waals surface area contributed by atoms with E-state index in [-0.39, 0.29) is 0 Å². The van der Waals surface area contributed by atoms with Crippen molar-refractivity contribution in [1.29, 1.82) is 0 Å². The maximum atomic E-state index is 3.83. The minimum atomic E-state index is 0.517. The second-order valence-corrected chi connectivity index (χ2v) is 6.91. The highest BCUT2D eigenvalue weighted by Crippen LogP contribution is 2.40. The lowest BCUT2D eigenvalue weighted by Crippen LogP contribution is -2.39. The van der Waals surface area contributed by atoms with E-state index >= 15 is 0 Å². The minimum absolute atomic E-state index is 0.517. The fraction of sp³-hybridized carbons (Fsp3) is 0.647. The third-order valence-electron chi connectivity index (χ3n) is 4.22. The van der Waals surface area contributed by atoms with Gasteiger partial charge in [0.05, 0.1) is 0 Å². The van der Waals surface area contributed by atoms with Crippen molar-refractivity contribution in [3.8, 4) is 0 Å². The van der Waals surface area contributed by atoms with Crippen LogP contribution in [0.15, 0.2) is 30.3 Å². The Balaban J connectivity index is 1.87. The summed E-state index contributed by atoms with van der Waals surface area (Å²) >= 11 is 0. The highest BCUT2D eigenvalue weighted by atomic mass is 15.0. The number of hydrogen-bond donors (Lipinski definition) is 1. The van der Waals surface area contributed by atoms with Crippen LogP contribution < -0.4 is 5.32 Å². The van der Waals surface area contributed by atoms with Crippen molar-refractivity contribution in [2.45, 2.75) is 59.0 Å². The molecule has 100 valence electrons. The topological polar surface area (TPSA) is 12.0 Å². The molecule has 1 aromatic rings. The zero-order valence-electron chi connectivity index (χ0n) is 12.2. The van der Waals surface area contributed by atoms with E-state index in [0.717, 1.165) is 12.3 Å². The molecule has 18 heavy (non-hydrogen) atoms. The lowest BCUT2D eigenvalue weighted by molar-refractivity contribution is 0.354. The molecule has 0 saturated heterocycles. The van der Waals surface area contributed by atoms with Gasteiger partial charge in [0.25, 0.3) is 0 Å². The van der Waals surface area contributed by atoms with Crippen LogP contribution in [-0.2, 0) is 6.42 Å². The van der Waals surface area contributed by atoms with Gasteiger partial charge in [0.2, 0.25) is 0 Å². The fourth-order valence-electron chi connectivity index (χ4n) is 3.51. The quantitative estimate of drug-likeness (QED) is 0.844. The van der Waals surface area contributed by atoms with E-state index in [0.29, 0.717) is 17.5 Å². The standard InChI is InChI=1S/C17H27N/c1-13-11-17(3,4)12-16(13)18-14(2)10-15-8-6-5-7-9-15/h5-9,13-14,16,18H,10-12H2,1-4H3. The summed E-state index contributed by atoms with van der Waals surface area (Å²) in [5.41, 5.74) is 1.95. The summed E-state index contributed by atoms with van der Waals surface area (Å²) in [4.78, 5) is 0. The summed E-state index contributed by atoms with van der Waals surface area (Å²) in [6, 6.07) is 12.0. The Morgan fingerprint density at radius 3 is 2.44 bits per heavy atom. The van der Waals surface area contributed by atoms with Crippen LogP contribution in [-0.4, -0.2) is 12.1 Å². The molecular formula is C17H27N. The molecule has 0 aromatic heterocycles. The first-order chi connectivity index (χ1) is 8.46. The predicted octanol–water partition coefficient (Wildman–Crippen LogP) is 4.03. The smallest absolute Gasteiger partial charge is 0.0101 e. The second kappa shape index (κ2) is 5.44. The molecule has 0 amide bonds. The van der Waals surface area contributed by atoms with Crippen LogP contribution in [0.25, 0.3) is 0 Å². The van der Waals surface area contributed by atoms with Crippen LogP contribution in [0.5, 0.6) is 0 Å². The van der Waals surface area contributed by atoms with Gasteiger partial charge in [-0.25, -0.2) is 0 Å². The van der Waals surface area contributed by atoms with Crippen LogP contribution in [0.3, 0.4) is 0 Å². The highest BCUT2D eigenvalue weighted by molar-refractivity contribution is 5.15. The maximum absolute atomic E-state index is 3.83. The molecule has 1 fully saturated rings. The Bertz CT molecular complexity index is 368. The zero-order chi connectivity index (χ0) is 13.2. The van der Waals surface area contributed by atoms with Crippen molar-refractivity contribution in [1.82, 2.24) is 5.32 Å². The Kier molecular flexibility index (Phi) is 4.11. The fourth-order valence-corrected chi connectivity index (χ4v) is 3.51. The lowest BCUT2D eigenvalue weighted by atomic mass is 9.91. The molecule has 1 N–H and O–H groups in total. The molecule has 0 radical (unpaired) electrons. The number of rotatable bonds is 4. The van der Waals surface area contributed by atoms with Crippen molar-refractivity contribution >= 4 is 0 Å². The van der Waals surface area contributed by atoms with E-state index in [1.165, 1.54) is 18.4 Å². The number of benzene rings is 1. The molecule has 3 unspecified atom stereocenters. The van der Waals surface area contributed by atoms with E-state index in [9.17, 15) is 0 Å². The molecule has 0 bridgehead atoms. The van der Waals surface area contributed by atoms with Crippen LogP contribution in [0.4, 0.5) is 0 Å². The molecule has 0 heterocycles. The zero-order valence-corrected chi connectivity index (χ0v) is 12.2. The van der Waals surface area contributed by atoms with Crippen LogP contribution >= 0.6 is 0 Å². The van der Waals surface area contributed by atoms with Crippen molar-refractivity contribution < 1.29 is 0 Å². The van der Waals surface area contributed by atoms with Gasteiger partial charge in [0, 0.05) is 12.1 Å². The monoisotopic (exact) mass is 245 g/mol. The summed E-state index contributed by atoms with van der Waals surface area (Å²) < 4.78 is 0. The van der Waals surface area contributed by atoms with E-state index in [4.69, 9.17) is 0 Å². The first-order valence-corrected chi connectivity index (χ1v) is 7.26. The Morgan fingerprint density at radius 2 is 1.89 bits per heavy atom. The van der Waals surface area contributed by atoms with E-state index in [1.807, 2.05) is 0 Å². The minimum Gasteiger partial charge on any atom is -0.311 e. The van der Waals surface area contributed by atoms with Gasteiger partial charge in [-0.3, -0.25) is 0 Å². The van der Waals surface area contributed by atoms with Gasteiger partial charge in [-0.05, 0) is 43.1 Å². The molecule has 1 nitrogen and oxygen atoms in total. The normalized spacial score (nSPS) is 28.2. The molecule has 0 aliphatic heterocycles. The molecular weight excluding hydrogens is 218 g/mol. The summed E-state index contributed by atoms with van der Waals surface area (Å²) in [6.45, 7) is 9.49. The van der Waals surface area contributed by atoms with Gasteiger partial charge in [0.1, 0.15) is 0 Å². The summed E-state index contributed by atoms with van der Waals surface area (Å²) in [6.07, 6.45) is 3.79. The van der Waals surface area contributed by atoms with Crippen molar-refractivity contribution in [2.24, 2.45) is 11.3 Å². The van der Waals surface area contributed by atoms with Gasteiger partial charge in [-0.2, -0.15) is 0 Å². The molecule has 2 rings (SSSR count). The largest absolute Gasteiger partial charge is 0.311 e. The van der Waals surface area contributed by atoms with Crippen LogP contribution in [0.1, 0.15) is 46.1 Å². The van der Waals surface area contributed by atoms with E-state index in [1.54, 1.807) is 0 Å². The molecule has 1 saturated carbocycles. The predicted molar refractivity (Wildman–Crippen MR) is 78.7 cm³/mol. The third kappa shape index (κ3) is 3.58. The summed E-state index contributed by atoms with van der Waals surface area (Å²) in [7, 11) is 0. The lowest BCUT2D eigenvalue weighted by Gasteiger charge is -2.23. The molecule has 1 heteroatoms. The highest BCUT2D eigenvalue weighted by Gasteiger charge is 2.36. The number of nitrogens with one attached hydrogen (secondary N) is 1. The second-order valence-electron chi connectivity index (χ2n) is 6.91. The Labute approximate surface area is 112 Å². The van der Waals surface area contributed by atoms with Crippen LogP contribution in [0.2, 0.25) is 0 Å². The molecule has 3 atom stereocenters. The summed E-state index contributed by atoms with van der Waals surface area (Å²) in [5.74, 6) is 0.804. The van der Waals surface area contributed by atoms with Gasteiger partial charge in [-0.1, -0.05) is 51.1 Å². The molecule has 1 aliphatic carbocycles. The van der Waals surface area contributed by atoms with E-state index < -0.39 is 0 Å². The number of hydrogen-bond acceptors (Lipinski definition) is 1. The van der Waals surface area contributed by atoms with Crippen molar-refractivity contribution in [3.05, 3.63) is 35.9 Å². The van der Waals surface area contributed by atoms with Gasteiger partial charge in [-0.15, -0.1) is 0 Å². The van der Waals surface area contributed by atoms with Gasteiger partial charge >= 0.3 is 0 Å². The first kappa shape index (κ1) is 13.6. The van der Waals surface area contributed by atoms with Crippen molar-refractivity contribution in [3.63, 3.8) is 0 Å². The molecule has 1 aliphatic rings. The van der Waals surface area contributed by atoms with Crippen LogP contribution in [0, 0.1) is 11.3 Å². The third-order valence-corrected chi connectivity index (χ3v) is 4.22. The summed E-state index contributed by atoms with van der Waals surface area (Å²) in [5, 5.41) is 3.83.